The van der Waals surface area contributed by atoms with Gasteiger partial charge in [-0.25, -0.2) is 8.42 Å². The van der Waals surface area contributed by atoms with Gasteiger partial charge < -0.3 is 10.1 Å². The van der Waals surface area contributed by atoms with E-state index in [9.17, 15) is 13.2 Å². The first-order valence-corrected chi connectivity index (χ1v) is 9.36. The van der Waals surface area contributed by atoms with Crippen molar-refractivity contribution < 1.29 is 17.9 Å². The fourth-order valence-corrected chi connectivity index (χ4v) is 3.62. The van der Waals surface area contributed by atoms with Crippen LogP contribution >= 0.6 is 0 Å². The van der Waals surface area contributed by atoms with Crippen LogP contribution in [0.2, 0.25) is 0 Å². The highest BCUT2D eigenvalue weighted by molar-refractivity contribution is 7.92. The van der Waals surface area contributed by atoms with Crippen LogP contribution in [0.25, 0.3) is 0 Å². The zero-order chi connectivity index (χ0) is 17.6. The first-order chi connectivity index (χ1) is 10.7. The molecule has 1 N–H and O–H groups in total. The maximum absolute atomic E-state index is 12.3. The van der Waals surface area contributed by atoms with Crippen molar-refractivity contribution in [3.05, 3.63) is 29.3 Å². The molecule has 0 fully saturated rings. The third-order valence-electron chi connectivity index (χ3n) is 3.37. The molecule has 1 aromatic rings. The minimum atomic E-state index is -3.58. The number of nitrogens with zero attached hydrogens (tertiary/aromatic N) is 1. The van der Waals surface area contributed by atoms with Crippen molar-refractivity contribution in [2.24, 2.45) is 0 Å². The van der Waals surface area contributed by atoms with Crippen molar-refractivity contribution in [3.63, 3.8) is 0 Å². The zero-order valence-electron chi connectivity index (χ0n) is 14.4. The molecule has 0 saturated heterocycles. The second-order valence-corrected chi connectivity index (χ2v) is 7.58. The van der Waals surface area contributed by atoms with Gasteiger partial charge in [0.05, 0.1) is 11.9 Å². The predicted molar refractivity (Wildman–Crippen MR) is 92.2 cm³/mol. The summed E-state index contributed by atoms with van der Waals surface area (Å²) in [5.74, 6) is -0.328. The van der Waals surface area contributed by atoms with Crippen molar-refractivity contribution in [1.29, 1.82) is 0 Å². The Balaban J connectivity index is 3.00. The van der Waals surface area contributed by atoms with Gasteiger partial charge in [-0.2, -0.15) is 0 Å². The smallest absolute Gasteiger partial charge is 0.243 e. The van der Waals surface area contributed by atoms with E-state index in [4.69, 9.17) is 4.74 Å². The standard InChI is InChI=1S/C16H26N2O4S/c1-12-9-13(2)11-15(10-12)18(23(5,20)21)14(3)16(19)17-7-6-8-22-4/h9-11,14H,6-8H2,1-5H3,(H,17,19). The van der Waals surface area contributed by atoms with Gasteiger partial charge in [0.1, 0.15) is 6.04 Å². The van der Waals surface area contributed by atoms with Crippen LogP contribution < -0.4 is 9.62 Å². The zero-order valence-corrected chi connectivity index (χ0v) is 15.2. The van der Waals surface area contributed by atoms with Gasteiger partial charge in [0.15, 0.2) is 0 Å². The lowest BCUT2D eigenvalue weighted by molar-refractivity contribution is -0.121. The van der Waals surface area contributed by atoms with Crippen LogP contribution in [0.1, 0.15) is 24.5 Å². The van der Waals surface area contributed by atoms with E-state index in [0.29, 0.717) is 25.3 Å². The van der Waals surface area contributed by atoms with Gasteiger partial charge in [0.25, 0.3) is 0 Å². The molecule has 1 rings (SSSR count). The van der Waals surface area contributed by atoms with Gasteiger partial charge in [0.2, 0.25) is 15.9 Å². The molecule has 0 saturated carbocycles. The number of aryl methyl sites for hydroxylation is 2. The summed E-state index contributed by atoms with van der Waals surface area (Å²) in [5.41, 5.74) is 2.40. The molecule has 1 aromatic carbocycles. The molecule has 130 valence electrons. The van der Waals surface area contributed by atoms with Crippen molar-refractivity contribution in [3.8, 4) is 0 Å². The van der Waals surface area contributed by atoms with Crippen LogP contribution in [0.15, 0.2) is 18.2 Å². The Hall–Kier alpha value is -1.60. The number of hydrogen-bond donors (Lipinski definition) is 1. The molecular formula is C16H26N2O4S. The lowest BCUT2D eigenvalue weighted by Crippen LogP contribution is -2.48. The third-order valence-corrected chi connectivity index (χ3v) is 4.62. The fraction of sp³-hybridized carbons (Fsp3) is 0.562. The summed E-state index contributed by atoms with van der Waals surface area (Å²) in [6.45, 7) is 6.37. The van der Waals surface area contributed by atoms with E-state index < -0.39 is 16.1 Å². The average Bonchev–Trinajstić information content (AvgIpc) is 2.40. The number of anilines is 1. The van der Waals surface area contributed by atoms with Crippen molar-refractivity contribution in [2.75, 3.05) is 30.8 Å². The quantitative estimate of drug-likeness (QED) is 0.728. The highest BCUT2D eigenvalue weighted by Crippen LogP contribution is 2.23. The van der Waals surface area contributed by atoms with Gasteiger partial charge in [-0.1, -0.05) is 6.07 Å². The Morgan fingerprint density at radius 3 is 2.30 bits per heavy atom. The third kappa shape index (κ3) is 5.84. The molecule has 0 aromatic heterocycles. The minimum absolute atomic E-state index is 0.328. The molecular weight excluding hydrogens is 316 g/mol. The van der Waals surface area contributed by atoms with Crippen LogP contribution in [0.4, 0.5) is 5.69 Å². The van der Waals surface area contributed by atoms with Crippen LogP contribution in [0.3, 0.4) is 0 Å². The Bertz CT molecular complexity index is 623. The van der Waals surface area contributed by atoms with E-state index in [0.717, 1.165) is 17.4 Å². The van der Waals surface area contributed by atoms with Gasteiger partial charge in [-0.15, -0.1) is 0 Å². The highest BCUT2D eigenvalue weighted by Gasteiger charge is 2.29. The summed E-state index contributed by atoms with van der Waals surface area (Å²) in [6, 6.07) is 4.67. The topological polar surface area (TPSA) is 75.7 Å². The number of methoxy groups -OCH3 is 1. The summed E-state index contributed by atoms with van der Waals surface area (Å²) < 4.78 is 30.5. The molecule has 23 heavy (non-hydrogen) atoms. The Morgan fingerprint density at radius 1 is 1.26 bits per heavy atom. The highest BCUT2D eigenvalue weighted by atomic mass is 32.2. The number of ether oxygens (including phenoxy) is 1. The maximum atomic E-state index is 12.3. The summed E-state index contributed by atoms with van der Waals surface area (Å²) in [6.07, 6.45) is 1.79. The summed E-state index contributed by atoms with van der Waals surface area (Å²) >= 11 is 0. The monoisotopic (exact) mass is 342 g/mol. The van der Waals surface area contributed by atoms with Gasteiger partial charge in [-0.05, 0) is 50.5 Å². The van der Waals surface area contributed by atoms with Crippen molar-refractivity contribution in [1.82, 2.24) is 5.32 Å². The second-order valence-electron chi connectivity index (χ2n) is 5.72. The lowest BCUT2D eigenvalue weighted by atomic mass is 10.1. The predicted octanol–water partition coefficient (Wildman–Crippen LogP) is 1.61. The van der Waals surface area contributed by atoms with E-state index in [2.05, 4.69) is 5.32 Å². The van der Waals surface area contributed by atoms with E-state index in [1.807, 2.05) is 19.9 Å². The fourth-order valence-electron chi connectivity index (χ4n) is 2.46. The molecule has 1 atom stereocenters. The van der Waals surface area contributed by atoms with Gasteiger partial charge >= 0.3 is 0 Å². The first kappa shape index (κ1) is 19.4. The van der Waals surface area contributed by atoms with E-state index in [1.54, 1.807) is 26.2 Å². The normalized spacial score (nSPS) is 12.7. The number of sulfonamides is 1. The molecule has 1 unspecified atom stereocenters. The Labute approximate surface area is 138 Å². The molecule has 7 heteroatoms. The molecule has 6 nitrogen and oxygen atoms in total. The molecule has 0 aliphatic heterocycles. The van der Waals surface area contributed by atoms with Crippen LogP contribution in [-0.2, 0) is 19.6 Å². The van der Waals surface area contributed by atoms with E-state index in [1.165, 1.54) is 4.31 Å². The van der Waals surface area contributed by atoms with Crippen molar-refractivity contribution >= 4 is 21.6 Å². The number of nitrogens with one attached hydrogen (secondary N) is 1. The molecule has 0 spiro atoms. The summed E-state index contributed by atoms with van der Waals surface area (Å²) in [4.78, 5) is 12.3. The average molecular weight is 342 g/mol. The molecule has 0 radical (unpaired) electrons. The van der Waals surface area contributed by atoms with Crippen LogP contribution in [0.5, 0.6) is 0 Å². The number of hydrogen-bond acceptors (Lipinski definition) is 4. The summed E-state index contributed by atoms with van der Waals surface area (Å²) in [7, 11) is -1.99. The molecule has 0 heterocycles. The largest absolute Gasteiger partial charge is 0.385 e. The Morgan fingerprint density at radius 2 is 1.83 bits per heavy atom. The van der Waals surface area contributed by atoms with Crippen LogP contribution in [0, 0.1) is 13.8 Å². The molecule has 1 amide bonds. The first-order valence-electron chi connectivity index (χ1n) is 7.51. The van der Waals surface area contributed by atoms with Gasteiger partial charge in [0, 0.05) is 20.3 Å². The van der Waals surface area contributed by atoms with Crippen LogP contribution in [-0.4, -0.2) is 46.9 Å². The SMILES string of the molecule is COCCCNC(=O)C(C)N(c1cc(C)cc(C)c1)S(C)(=O)=O. The molecule has 0 bridgehead atoms. The van der Waals surface area contributed by atoms with Crippen molar-refractivity contribution in [2.45, 2.75) is 33.2 Å². The van der Waals surface area contributed by atoms with E-state index in [-0.39, 0.29) is 5.91 Å². The van der Waals surface area contributed by atoms with E-state index >= 15 is 0 Å². The number of carbonyl (C=O) groups is 1. The number of carbonyl (C=O) groups excluding carboxylic acids is 1. The molecule has 0 aliphatic carbocycles. The number of rotatable bonds is 8. The number of benzene rings is 1. The second kappa shape index (κ2) is 8.31. The summed E-state index contributed by atoms with van der Waals surface area (Å²) in [5, 5.41) is 2.74. The molecule has 0 aliphatic rings. The number of amides is 1. The Kier molecular flexibility index (Phi) is 7.02. The van der Waals surface area contributed by atoms with Gasteiger partial charge in [-0.3, -0.25) is 9.10 Å². The maximum Gasteiger partial charge on any atom is 0.243 e. The lowest BCUT2D eigenvalue weighted by Gasteiger charge is -2.28. The minimum Gasteiger partial charge on any atom is -0.385 e.